The van der Waals surface area contributed by atoms with E-state index in [1.807, 2.05) is 13.8 Å². The van der Waals surface area contributed by atoms with Gasteiger partial charge in [-0.2, -0.15) is 0 Å². The highest BCUT2D eigenvalue weighted by atomic mass is 16.5. The zero-order valence-electron chi connectivity index (χ0n) is 11.3. The van der Waals surface area contributed by atoms with E-state index in [0.29, 0.717) is 31.9 Å². The van der Waals surface area contributed by atoms with Crippen LogP contribution in [0.3, 0.4) is 0 Å². The molecule has 0 saturated carbocycles. The molecule has 0 aliphatic rings. The number of rotatable bonds is 9. The summed E-state index contributed by atoms with van der Waals surface area (Å²) in [5.41, 5.74) is 5.58. The summed E-state index contributed by atoms with van der Waals surface area (Å²) in [6.07, 6.45) is 0.121. The minimum absolute atomic E-state index is 0.0914. The van der Waals surface area contributed by atoms with Gasteiger partial charge in [0.1, 0.15) is 0 Å². The molecule has 3 N–H and O–H groups in total. The smallest absolute Gasteiger partial charge is 0.0781 e. The summed E-state index contributed by atoms with van der Waals surface area (Å²) in [6.45, 7) is 12.2. The Hall–Kier alpha value is -0.160. The van der Waals surface area contributed by atoms with E-state index in [9.17, 15) is 0 Å². The predicted molar refractivity (Wildman–Crippen MR) is 67.6 cm³/mol. The van der Waals surface area contributed by atoms with E-state index in [-0.39, 0.29) is 12.1 Å². The van der Waals surface area contributed by atoms with Gasteiger partial charge in [0.05, 0.1) is 25.9 Å². The number of nitrogens with one attached hydrogen (secondary N) is 1. The van der Waals surface area contributed by atoms with Crippen LogP contribution in [0, 0.1) is 0 Å². The number of ether oxygens (including phenoxy) is 2. The Bertz CT molecular complexity index is 163. The lowest BCUT2D eigenvalue weighted by molar-refractivity contribution is -0.0154. The molecule has 0 aromatic rings. The van der Waals surface area contributed by atoms with Crippen LogP contribution in [0.15, 0.2) is 0 Å². The standard InChI is InChI=1S/C12H28N2O2/c1-9(2)14-11(4)7-16-12(5)8-15-6-10(3)13/h9-12,14H,6-8,13H2,1-5H3/t10?,11-,12?/m1/s1. The van der Waals surface area contributed by atoms with Crippen molar-refractivity contribution < 1.29 is 9.47 Å². The zero-order valence-corrected chi connectivity index (χ0v) is 11.3. The minimum atomic E-state index is 0.0914. The van der Waals surface area contributed by atoms with Gasteiger partial charge in [0.25, 0.3) is 0 Å². The molecule has 0 amide bonds. The first-order valence-corrected chi connectivity index (χ1v) is 6.12. The molecule has 0 aromatic carbocycles. The third kappa shape index (κ3) is 10.4. The first-order valence-electron chi connectivity index (χ1n) is 6.12. The lowest BCUT2D eigenvalue weighted by atomic mass is 10.3. The van der Waals surface area contributed by atoms with Crippen molar-refractivity contribution >= 4 is 0 Å². The van der Waals surface area contributed by atoms with E-state index in [0.717, 1.165) is 0 Å². The normalized spacial score (nSPS) is 17.4. The lowest BCUT2D eigenvalue weighted by Crippen LogP contribution is -2.37. The molecule has 0 bridgehead atoms. The van der Waals surface area contributed by atoms with E-state index in [1.165, 1.54) is 0 Å². The van der Waals surface area contributed by atoms with E-state index >= 15 is 0 Å². The molecular formula is C12H28N2O2. The molecule has 2 unspecified atom stereocenters. The average Bonchev–Trinajstić information content (AvgIpc) is 2.13. The van der Waals surface area contributed by atoms with Gasteiger partial charge < -0.3 is 20.5 Å². The Morgan fingerprint density at radius 1 is 1.00 bits per heavy atom. The van der Waals surface area contributed by atoms with Crippen LogP contribution in [0.4, 0.5) is 0 Å². The van der Waals surface area contributed by atoms with Crippen molar-refractivity contribution in [3.63, 3.8) is 0 Å². The highest BCUT2D eigenvalue weighted by Crippen LogP contribution is 1.96. The highest BCUT2D eigenvalue weighted by molar-refractivity contribution is 4.63. The highest BCUT2D eigenvalue weighted by Gasteiger charge is 2.07. The summed E-state index contributed by atoms with van der Waals surface area (Å²) in [5.74, 6) is 0. The van der Waals surface area contributed by atoms with Crippen LogP contribution in [0.5, 0.6) is 0 Å². The molecule has 0 fully saturated rings. The van der Waals surface area contributed by atoms with Crippen molar-refractivity contribution in [2.75, 3.05) is 19.8 Å². The molecule has 4 heteroatoms. The molecule has 98 valence electrons. The van der Waals surface area contributed by atoms with E-state index in [2.05, 4.69) is 26.1 Å². The van der Waals surface area contributed by atoms with Crippen LogP contribution >= 0.6 is 0 Å². The molecule has 0 aromatic heterocycles. The first-order chi connectivity index (χ1) is 7.41. The third-order valence-electron chi connectivity index (χ3n) is 1.98. The topological polar surface area (TPSA) is 56.5 Å². The van der Waals surface area contributed by atoms with Crippen LogP contribution in [-0.2, 0) is 9.47 Å². The van der Waals surface area contributed by atoms with Crippen LogP contribution < -0.4 is 11.1 Å². The fraction of sp³-hybridized carbons (Fsp3) is 1.00. The average molecular weight is 232 g/mol. The van der Waals surface area contributed by atoms with Gasteiger partial charge in [-0.15, -0.1) is 0 Å². The molecule has 0 saturated heterocycles. The maximum Gasteiger partial charge on any atom is 0.0781 e. The van der Waals surface area contributed by atoms with E-state index in [1.54, 1.807) is 0 Å². The third-order valence-corrected chi connectivity index (χ3v) is 1.98. The summed E-state index contributed by atoms with van der Waals surface area (Å²) in [6, 6.07) is 0.952. The van der Waals surface area contributed by atoms with Crippen LogP contribution in [0.25, 0.3) is 0 Å². The quantitative estimate of drug-likeness (QED) is 0.626. The monoisotopic (exact) mass is 232 g/mol. The SMILES string of the molecule is CC(N)COCC(C)OC[C@@H](C)NC(C)C. The van der Waals surface area contributed by atoms with Gasteiger partial charge in [-0.3, -0.25) is 0 Å². The Morgan fingerprint density at radius 3 is 2.12 bits per heavy atom. The minimum Gasteiger partial charge on any atom is -0.377 e. The van der Waals surface area contributed by atoms with E-state index < -0.39 is 0 Å². The van der Waals surface area contributed by atoms with Crippen LogP contribution in [0.2, 0.25) is 0 Å². The molecule has 0 aliphatic heterocycles. The molecule has 3 atom stereocenters. The molecular weight excluding hydrogens is 204 g/mol. The molecule has 4 nitrogen and oxygen atoms in total. The summed E-state index contributed by atoms with van der Waals surface area (Å²) < 4.78 is 11.1. The zero-order chi connectivity index (χ0) is 12.6. The summed E-state index contributed by atoms with van der Waals surface area (Å²) >= 11 is 0. The molecule has 0 spiro atoms. The second kappa shape index (κ2) is 8.93. The van der Waals surface area contributed by atoms with Crippen molar-refractivity contribution in [2.45, 2.75) is 58.8 Å². The van der Waals surface area contributed by atoms with Crippen molar-refractivity contribution in [3.05, 3.63) is 0 Å². The Morgan fingerprint density at radius 2 is 1.62 bits per heavy atom. The second-order valence-corrected chi connectivity index (χ2v) is 4.88. The largest absolute Gasteiger partial charge is 0.377 e. The summed E-state index contributed by atoms with van der Waals surface area (Å²) in [7, 11) is 0. The molecule has 0 aliphatic carbocycles. The molecule has 0 rings (SSSR count). The van der Waals surface area contributed by atoms with Crippen molar-refractivity contribution in [3.8, 4) is 0 Å². The van der Waals surface area contributed by atoms with E-state index in [4.69, 9.17) is 15.2 Å². The van der Waals surface area contributed by atoms with Crippen LogP contribution in [-0.4, -0.2) is 44.1 Å². The maximum absolute atomic E-state index is 5.66. The Labute approximate surface area is 99.9 Å². The molecule has 0 heterocycles. The summed E-state index contributed by atoms with van der Waals surface area (Å²) in [4.78, 5) is 0. The summed E-state index contributed by atoms with van der Waals surface area (Å²) in [5, 5.41) is 3.39. The van der Waals surface area contributed by atoms with Crippen molar-refractivity contribution in [1.82, 2.24) is 5.32 Å². The molecule has 0 radical (unpaired) electrons. The van der Waals surface area contributed by atoms with Gasteiger partial charge in [0.15, 0.2) is 0 Å². The first kappa shape index (κ1) is 15.8. The number of hydrogen-bond donors (Lipinski definition) is 2. The predicted octanol–water partition coefficient (Wildman–Crippen LogP) is 1.14. The van der Waals surface area contributed by atoms with Gasteiger partial charge >= 0.3 is 0 Å². The van der Waals surface area contributed by atoms with Gasteiger partial charge in [-0.05, 0) is 20.8 Å². The van der Waals surface area contributed by atoms with Gasteiger partial charge in [-0.25, -0.2) is 0 Å². The van der Waals surface area contributed by atoms with Crippen LogP contribution in [0.1, 0.15) is 34.6 Å². The molecule has 16 heavy (non-hydrogen) atoms. The van der Waals surface area contributed by atoms with Gasteiger partial charge in [-0.1, -0.05) is 13.8 Å². The van der Waals surface area contributed by atoms with Gasteiger partial charge in [0.2, 0.25) is 0 Å². The maximum atomic E-state index is 5.66. The fourth-order valence-electron chi connectivity index (χ4n) is 1.39. The Balaban J connectivity index is 3.45. The number of nitrogens with two attached hydrogens (primary N) is 1. The number of hydrogen-bond acceptors (Lipinski definition) is 4. The Kier molecular flexibility index (Phi) is 8.84. The fourth-order valence-corrected chi connectivity index (χ4v) is 1.39. The van der Waals surface area contributed by atoms with Crippen molar-refractivity contribution in [2.24, 2.45) is 5.73 Å². The lowest BCUT2D eigenvalue weighted by Gasteiger charge is -2.20. The second-order valence-electron chi connectivity index (χ2n) is 4.88. The van der Waals surface area contributed by atoms with Gasteiger partial charge in [0, 0.05) is 18.1 Å². The van der Waals surface area contributed by atoms with Crippen molar-refractivity contribution in [1.29, 1.82) is 0 Å².